The first kappa shape index (κ1) is 11.9. The van der Waals surface area contributed by atoms with Crippen molar-refractivity contribution in [3.8, 4) is 0 Å². The number of fused-ring (bicyclic) bond motifs is 1. The van der Waals surface area contributed by atoms with Crippen molar-refractivity contribution in [2.45, 2.75) is 40.0 Å². The number of ether oxygens (including phenoxy) is 1. The molecule has 1 fully saturated rings. The topological polar surface area (TPSA) is 9.23 Å². The van der Waals surface area contributed by atoms with Crippen molar-refractivity contribution < 1.29 is 4.74 Å². The molecule has 2 aliphatic rings. The number of rotatable bonds is 2. The first-order valence-corrected chi connectivity index (χ1v) is 6.44. The van der Waals surface area contributed by atoms with Gasteiger partial charge in [0.25, 0.3) is 0 Å². The van der Waals surface area contributed by atoms with Crippen molar-refractivity contribution >= 4 is 0 Å². The van der Waals surface area contributed by atoms with Crippen molar-refractivity contribution in [1.29, 1.82) is 0 Å². The lowest BCUT2D eigenvalue weighted by molar-refractivity contribution is 0.169. The molecule has 90 valence electrons. The Morgan fingerprint density at radius 3 is 3.06 bits per heavy atom. The fourth-order valence-corrected chi connectivity index (χ4v) is 3.35. The average Bonchev–Trinajstić information content (AvgIpc) is 2.50. The van der Waals surface area contributed by atoms with E-state index >= 15 is 0 Å². The van der Waals surface area contributed by atoms with E-state index in [0.29, 0.717) is 0 Å². The highest BCUT2D eigenvalue weighted by Gasteiger charge is 2.42. The monoisotopic (exact) mass is 220 g/mol. The number of allylic oxidation sites excluding steroid dienone is 2. The Labute approximate surface area is 99.6 Å². The molecule has 0 radical (unpaired) electrons. The molecule has 0 aromatic carbocycles. The molecule has 0 aromatic rings. The molecule has 1 heterocycles. The van der Waals surface area contributed by atoms with Crippen LogP contribution in [-0.2, 0) is 4.74 Å². The molecule has 0 amide bonds. The summed E-state index contributed by atoms with van der Waals surface area (Å²) in [4.78, 5) is 0. The van der Waals surface area contributed by atoms with Gasteiger partial charge < -0.3 is 4.74 Å². The lowest BCUT2D eigenvalue weighted by Gasteiger charge is -2.29. The van der Waals surface area contributed by atoms with E-state index in [1.807, 2.05) is 0 Å². The first-order valence-electron chi connectivity index (χ1n) is 6.44. The third-order valence-corrected chi connectivity index (χ3v) is 4.23. The molecular weight excluding hydrogens is 196 g/mol. The van der Waals surface area contributed by atoms with E-state index < -0.39 is 0 Å². The van der Waals surface area contributed by atoms with Gasteiger partial charge in [0.2, 0.25) is 0 Å². The van der Waals surface area contributed by atoms with Crippen molar-refractivity contribution in [2.24, 2.45) is 17.3 Å². The van der Waals surface area contributed by atoms with Crippen molar-refractivity contribution in [3.63, 3.8) is 0 Å². The van der Waals surface area contributed by atoms with E-state index in [4.69, 9.17) is 4.74 Å². The van der Waals surface area contributed by atoms with E-state index in [-0.39, 0.29) is 5.41 Å². The van der Waals surface area contributed by atoms with Crippen LogP contribution < -0.4 is 0 Å². The van der Waals surface area contributed by atoms with Gasteiger partial charge in [0.15, 0.2) is 0 Å². The summed E-state index contributed by atoms with van der Waals surface area (Å²) < 4.78 is 5.71. The molecule has 1 aliphatic carbocycles. The van der Waals surface area contributed by atoms with Crippen molar-refractivity contribution in [3.05, 3.63) is 23.8 Å². The molecular formula is C15H24O. The molecule has 1 nitrogen and oxygen atoms in total. The van der Waals surface area contributed by atoms with Gasteiger partial charge >= 0.3 is 0 Å². The van der Waals surface area contributed by atoms with Gasteiger partial charge in [-0.3, -0.25) is 0 Å². The van der Waals surface area contributed by atoms with Crippen LogP contribution in [0.25, 0.3) is 0 Å². The number of hydrogen-bond acceptors (Lipinski definition) is 1. The minimum absolute atomic E-state index is 0.278. The quantitative estimate of drug-likeness (QED) is 0.640. The average molecular weight is 220 g/mol. The zero-order valence-electron chi connectivity index (χ0n) is 10.9. The molecule has 16 heavy (non-hydrogen) atoms. The SMILES string of the molecule is C=C(C)CC1=C[C@@]2(C)COC[C@H]2[C@@H](C)CC1. The Bertz CT molecular complexity index is 315. The zero-order valence-corrected chi connectivity index (χ0v) is 10.9. The van der Waals surface area contributed by atoms with E-state index in [1.54, 1.807) is 5.57 Å². The normalized spacial score (nSPS) is 38.8. The minimum Gasteiger partial charge on any atom is -0.380 e. The van der Waals surface area contributed by atoms with Crippen LogP contribution in [0.3, 0.4) is 0 Å². The highest BCUT2D eigenvalue weighted by atomic mass is 16.5. The van der Waals surface area contributed by atoms with E-state index in [1.165, 1.54) is 18.4 Å². The largest absolute Gasteiger partial charge is 0.380 e. The summed E-state index contributed by atoms with van der Waals surface area (Å²) >= 11 is 0. The molecule has 1 saturated heterocycles. The second-order valence-electron chi connectivity index (χ2n) is 6.08. The molecule has 0 aromatic heterocycles. The van der Waals surface area contributed by atoms with Crippen LogP contribution in [0.2, 0.25) is 0 Å². The zero-order chi connectivity index (χ0) is 11.8. The Morgan fingerprint density at radius 1 is 1.62 bits per heavy atom. The van der Waals surface area contributed by atoms with Crippen LogP contribution in [-0.4, -0.2) is 13.2 Å². The first-order chi connectivity index (χ1) is 7.51. The van der Waals surface area contributed by atoms with Crippen LogP contribution in [0.1, 0.15) is 40.0 Å². The summed E-state index contributed by atoms with van der Waals surface area (Å²) in [6.07, 6.45) is 6.14. The van der Waals surface area contributed by atoms with Crippen LogP contribution in [0.15, 0.2) is 23.8 Å². The highest BCUT2D eigenvalue weighted by molar-refractivity contribution is 5.19. The van der Waals surface area contributed by atoms with Crippen LogP contribution in [0.5, 0.6) is 0 Å². The van der Waals surface area contributed by atoms with Crippen LogP contribution >= 0.6 is 0 Å². The Hall–Kier alpha value is -0.560. The van der Waals surface area contributed by atoms with Gasteiger partial charge in [-0.25, -0.2) is 0 Å². The summed E-state index contributed by atoms with van der Waals surface area (Å²) in [6.45, 7) is 12.8. The second-order valence-corrected chi connectivity index (χ2v) is 6.08. The van der Waals surface area contributed by atoms with Crippen LogP contribution in [0.4, 0.5) is 0 Å². The molecule has 1 heteroatoms. The van der Waals surface area contributed by atoms with E-state index in [0.717, 1.165) is 31.5 Å². The Kier molecular flexibility index (Phi) is 3.25. The second kappa shape index (κ2) is 4.37. The molecule has 0 bridgehead atoms. The standard InChI is InChI=1S/C15H24O/c1-11(2)7-13-6-5-12(3)14-9-16-10-15(14,4)8-13/h8,12,14H,1,5-7,9-10H2,2-4H3/t12-,14-,15-/m0/s1. The third-order valence-electron chi connectivity index (χ3n) is 4.23. The van der Waals surface area contributed by atoms with Gasteiger partial charge in [0, 0.05) is 5.41 Å². The summed E-state index contributed by atoms with van der Waals surface area (Å²) in [5.41, 5.74) is 3.13. The molecule has 0 unspecified atom stereocenters. The lowest BCUT2D eigenvalue weighted by Crippen LogP contribution is -2.27. The Balaban J connectivity index is 2.23. The molecule has 0 saturated carbocycles. The van der Waals surface area contributed by atoms with Gasteiger partial charge in [-0.15, -0.1) is 0 Å². The fraction of sp³-hybridized carbons (Fsp3) is 0.733. The molecule has 2 rings (SSSR count). The van der Waals surface area contributed by atoms with E-state index in [9.17, 15) is 0 Å². The molecule has 3 atom stereocenters. The fourth-order valence-electron chi connectivity index (χ4n) is 3.35. The van der Waals surface area contributed by atoms with E-state index in [2.05, 4.69) is 33.4 Å². The molecule has 0 N–H and O–H groups in total. The van der Waals surface area contributed by atoms with Gasteiger partial charge in [-0.1, -0.05) is 37.6 Å². The molecule has 0 spiro atoms. The van der Waals surface area contributed by atoms with Gasteiger partial charge in [0.1, 0.15) is 0 Å². The lowest BCUT2D eigenvalue weighted by atomic mass is 9.73. The van der Waals surface area contributed by atoms with Crippen LogP contribution in [0, 0.1) is 17.3 Å². The maximum atomic E-state index is 5.71. The van der Waals surface area contributed by atoms with Gasteiger partial charge in [0.05, 0.1) is 13.2 Å². The predicted molar refractivity (Wildman–Crippen MR) is 68.3 cm³/mol. The van der Waals surface area contributed by atoms with Crippen molar-refractivity contribution in [2.75, 3.05) is 13.2 Å². The summed E-state index contributed by atoms with van der Waals surface area (Å²) in [6, 6.07) is 0. The highest BCUT2D eigenvalue weighted by Crippen LogP contribution is 2.45. The Morgan fingerprint density at radius 2 is 2.38 bits per heavy atom. The summed E-state index contributed by atoms with van der Waals surface area (Å²) in [7, 11) is 0. The van der Waals surface area contributed by atoms with Crippen molar-refractivity contribution in [1.82, 2.24) is 0 Å². The van der Waals surface area contributed by atoms with Gasteiger partial charge in [-0.05, 0) is 38.0 Å². The van der Waals surface area contributed by atoms with Gasteiger partial charge in [-0.2, -0.15) is 0 Å². The maximum absolute atomic E-state index is 5.71. The smallest absolute Gasteiger partial charge is 0.0558 e. The maximum Gasteiger partial charge on any atom is 0.0558 e. The minimum atomic E-state index is 0.278. The predicted octanol–water partition coefficient (Wildman–Crippen LogP) is 3.96. The molecule has 1 aliphatic heterocycles. The number of hydrogen-bond donors (Lipinski definition) is 0. The summed E-state index contributed by atoms with van der Waals surface area (Å²) in [5.74, 6) is 1.50. The summed E-state index contributed by atoms with van der Waals surface area (Å²) in [5, 5.41) is 0. The third kappa shape index (κ3) is 2.24.